The third-order valence-electron chi connectivity index (χ3n) is 4.95. The Morgan fingerprint density at radius 1 is 1.25 bits per heavy atom. The second-order valence-corrected chi connectivity index (χ2v) is 7.12. The van der Waals surface area contributed by atoms with Crippen molar-refractivity contribution < 1.29 is 9.59 Å². The minimum Gasteiger partial charge on any atom is -0.346 e. The molecule has 1 N–H and O–H groups in total. The summed E-state index contributed by atoms with van der Waals surface area (Å²) in [5.74, 6) is 1.15. The normalized spacial score (nSPS) is 22.0. The molecule has 1 atom stereocenters. The Bertz CT molecular complexity index is 605. The first-order valence-electron chi connectivity index (χ1n) is 8.92. The lowest BCUT2D eigenvalue weighted by atomic mass is 9.89. The Balaban J connectivity index is 1.56. The molecule has 1 aliphatic carbocycles. The van der Waals surface area contributed by atoms with E-state index in [0.29, 0.717) is 30.4 Å². The average molecular weight is 330 g/mol. The Morgan fingerprint density at radius 3 is 2.71 bits per heavy atom. The largest absolute Gasteiger partial charge is 0.346 e. The van der Waals surface area contributed by atoms with Gasteiger partial charge in [-0.3, -0.25) is 9.59 Å². The lowest BCUT2D eigenvalue weighted by Crippen LogP contribution is -2.38. The molecule has 24 heavy (non-hydrogen) atoms. The van der Waals surface area contributed by atoms with Crippen LogP contribution in [0, 0.1) is 19.8 Å². The second-order valence-electron chi connectivity index (χ2n) is 7.12. The number of carbonyl (C=O) groups is 2. The molecule has 2 aliphatic rings. The van der Waals surface area contributed by atoms with E-state index < -0.39 is 0 Å². The fourth-order valence-electron chi connectivity index (χ4n) is 3.82. The fraction of sp³-hybridized carbons (Fsp3) is 0.667. The van der Waals surface area contributed by atoms with Gasteiger partial charge in [0.05, 0.1) is 6.04 Å². The molecular formula is C18H26N4O2. The lowest BCUT2D eigenvalue weighted by molar-refractivity contribution is -0.128. The van der Waals surface area contributed by atoms with E-state index >= 15 is 0 Å². The zero-order chi connectivity index (χ0) is 17.1. The standard InChI is InChI=1S/C18H26N4O2/c1-12-8-16(20-13(2)19-12)18(24)21-15-9-17(23)22(11-15)10-14-6-4-3-5-7-14/h8,14-15H,3-7,9-11H2,1-2H3,(H,21,24). The summed E-state index contributed by atoms with van der Waals surface area (Å²) in [7, 11) is 0. The van der Waals surface area contributed by atoms with Gasteiger partial charge in [-0.05, 0) is 38.7 Å². The molecule has 0 spiro atoms. The van der Waals surface area contributed by atoms with E-state index in [9.17, 15) is 9.59 Å². The third kappa shape index (κ3) is 4.10. The maximum atomic E-state index is 12.4. The summed E-state index contributed by atoms with van der Waals surface area (Å²) in [5.41, 5.74) is 1.15. The van der Waals surface area contributed by atoms with Crippen LogP contribution in [0.2, 0.25) is 0 Å². The molecule has 0 radical (unpaired) electrons. The van der Waals surface area contributed by atoms with Gasteiger partial charge < -0.3 is 10.2 Å². The molecule has 1 unspecified atom stereocenters. The van der Waals surface area contributed by atoms with E-state index in [1.807, 2.05) is 11.8 Å². The monoisotopic (exact) mass is 330 g/mol. The molecule has 2 heterocycles. The molecule has 1 saturated carbocycles. The highest BCUT2D eigenvalue weighted by Gasteiger charge is 2.32. The maximum absolute atomic E-state index is 12.4. The topological polar surface area (TPSA) is 75.2 Å². The molecule has 3 rings (SSSR count). The van der Waals surface area contributed by atoms with Gasteiger partial charge in [0.15, 0.2) is 0 Å². The summed E-state index contributed by atoms with van der Waals surface area (Å²) < 4.78 is 0. The van der Waals surface area contributed by atoms with Gasteiger partial charge in [0.25, 0.3) is 5.91 Å². The molecule has 130 valence electrons. The van der Waals surface area contributed by atoms with Crippen molar-refractivity contribution in [3.05, 3.63) is 23.3 Å². The molecule has 2 fully saturated rings. The van der Waals surface area contributed by atoms with Crippen LogP contribution in [0.15, 0.2) is 6.07 Å². The summed E-state index contributed by atoms with van der Waals surface area (Å²) in [6.07, 6.45) is 6.71. The summed E-state index contributed by atoms with van der Waals surface area (Å²) >= 11 is 0. The van der Waals surface area contributed by atoms with Gasteiger partial charge in [0.1, 0.15) is 11.5 Å². The molecule has 0 aromatic carbocycles. The molecule has 6 nitrogen and oxygen atoms in total. The van der Waals surface area contributed by atoms with Crippen LogP contribution < -0.4 is 5.32 Å². The van der Waals surface area contributed by atoms with Crippen LogP contribution in [0.1, 0.15) is 60.5 Å². The van der Waals surface area contributed by atoms with Gasteiger partial charge in [-0.1, -0.05) is 19.3 Å². The Morgan fingerprint density at radius 2 is 2.00 bits per heavy atom. The van der Waals surface area contributed by atoms with Crippen LogP contribution in [0.3, 0.4) is 0 Å². The molecule has 1 aromatic heterocycles. The zero-order valence-corrected chi connectivity index (χ0v) is 14.5. The van der Waals surface area contributed by atoms with E-state index in [-0.39, 0.29) is 17.9 Å². The predicted molar refractivity (Wildman–Crippen MR) is 90.5 cm³/mol. The zero-order valence-electron chi connectivity index (χ0n) is 14.5. The van der Waals surface area contributed by atoms with Crippen molar-refractivity contribution in [2.75, 3.05) is 13.1 Å². The van der Waals surface area contributed by atoms with Gasteiger partial charge in [0, 0.05) is 25.2 Å². The van der Waals surface area contributed by atoms with Gasteiger partial charge >= 0.3 is 0 Å². The summed E-state index contributed by atoms with van der Waals surface area (Å²) in [4.78, 5) is 34.9. The van der Waals surface area contributed by atoms with Crippen LogP contribution in [-0.4, -0.2) is 45.8 Å². The van der Waals surface area contributed by atoms with Gasteiger partial charge in [-0.2, -0.15) is 0 Å². The van der Waals surface area contributed by atoms with E-state index in [1.54, 1.807) is 13.0 Å². The van der Waals surface area contributed by atoms with E-state index in [1.165, 1.54) is 32.1 Å². The number of amides is 2. The number of hydrogen-bond acceptors (Lipinski definition) is 4. The molecule has 1 aromatic rings. The summed E-state index contributed by atoms with van der Waals surface area (Å²) in [5, 5.41) is 2.96. The number of likely N-dealkylation sites (tertiary alicyclic amines) is 1. The highest BCUT2D eigenvalue weighted by atomic mass is 16.2. The van der Waals surface area contributed by atoms with Gasteiger partial charge in [-0.25, -0.2) is 9.97 Å². The van der Waals surface area contributed by atoms with Crippen molar-refractivity contribution in [2.45, 2.75) is 58.4 Å². The average Bonchev–Trinajstić information content (AvgIpc) is 2.87. The van der Waals surface area contributed by atoms with Crippen molar-refractivity contribution in [3.63, 3.8) is 0 Å². The quantitative estimate of drug-likeness (QED) is 0.916. The second kappa shape index (κ2) is 7.28. The molecule has 1 saturated heterocycles. The highest BCUT2D eigenvalue weighted by Crippen LogP contribution is 2.26. The van der Waals surface area contributed by atoms with E-state index in [4.69, 9.17) is 0 Å². The van der Waals surface area contributed by atoms with Crippen LogP contribution in [0.4, 0.5) is 0 Å². The van der Waals surface area contributed by atoms with Crippen LogP contribution in [0.5, 0.6) is 0 Å². The SMILES string of the molecule is Cc1cc(C(=O)NC2CC(=O)N(CC3CCCCC3)C2)nc(C)n1. The molecule has 1 aliphatic heterocycles. The van der Waals surface area contributed by atoms with Crippen molar-refractivity contribution in [1.82, 2.24) is 20.2 Å². The molecular weight excluding hydrogens is 304 g/mol. The Hall–Kier alpha value is -1.98. The number of carbonyl (C=O) groups excluding carboxylic acids is 2. The van der Waals surface area contributed by atoms with Crippen molar-refractivity contribution in [3.8, 4) is 0 Å². The molecule has 2 amide bonds. The summed E-state index contributed by atoms with van der Waals surface area (Å²) in [6.45, 7) is 5.08. The first-order chi connectivity index (χ1) is 11.5. The first-order valence-corrected chi connectivity index (χ1v) is 8.92. The van der Waals surface area contributed by atoms with Gasteiger partial charge in [-0.15, -0.1) is 0 Å². The van der Waals surface area contributed by atoms with E-state index in [0.717, 1.165) is 12.2 Å². The van der Waals surface area contributed by atoms with Crippen LogP contribution in [0.25, 0.3) is 0 Å². The van der Waals surface area contributed by atoms with Crippen molar-refractivity contribution >= 4 is 11.8 Å². The van der Waals surface area contributed by atoms with Crippen LogP contribution >= 0.6 is 0 Å². The number of aryl methyl sites for hydroxylation is 2. The minimum atomic E-state index is -0.221. The van der Waals surface area contributed by atoms with Gasteiger partial charge in [0.2, 0.25) is 5.91 Å². The Kier molecular flexibility index (Phi) is 5.11. The highest BCUT2D eigenvalue weighted by molar-refractivity contribution is 5.93. The summed E-state index contributed by atoms with van der Waals surface area (Å²) in [6, 6.07) is 1.56. The van der Waals surface area contributed by atoms with Crippen molar-refractivity contribution in [1.29, 1.82) is 0 Å². The number of hydrogen-bond donors (Lipinski definition) is 1. The fourth-order valence-corrected chi connectivity index (χ4v) is 3.82. The minimum absolute atomic E-state index is 0.121. The molecule has 0 bridgehead atoms. The number of nitrogens with zero attached hydrogens (tertiary/aromatic N) is 3. The number of rotatable bonds is 4. The number of aromatic nitrogens is 2. The number of nitrogens with one attached hydrogen (secondary N) is 1. The lowest BCUT2D eigenvalue weighted by Gasteiger charge is -2.27. The van der Waals surface area contributed by atoms with Crippen molar-refractivity contribution in [2.24, 2.45) is 5.92 Å². The smallest absolute Gasteiger partial charge is 0.270 e. The van der Waals surface area contributed by atoms with E-state index in [2.05, 4.69) is 15.3 Å². The third-order valence-corrected chi connectivity index (χ3v) is 4.95. The predicted octanol–water partition coefficient (Wildman–Crippen LogP) is 2.00. The first kappa shape index (κ1) is 16.9. The Labute approximate surface area is 143 Å². The molecule has 6 heteroatoms. The van der Waals surface area contributed by atoms with Crippen LogP contribution in [-0.2, 0) is 4.79 Å². The maximum Gasteiger partial charge on any atom is 0.270 e.